The summed E-state index contributed by atoms with van der Waals surface area (Å²) in [5.41, 5.74) is 1.40. The van der Waals surface area contributed by atoms with E-state index in [1.54, 1.807) is 18.2 Å². The van der Waals surface area contributed by atoms with E-state index >= 15 is 0 Å². The van der Waals surface area contributed by atoms with Crippen LogP contribution in [0.4, 0.5) is 9.18 Å². The fourth-order valence-electron chi connectivity index (χ4n) is 2.53. The molecule has 0 spiro atoms. The van der Waals surface area contributed by atoms with E-state index in [1.807, 2.05) is 30.3 Å². The lowest BCUT2D eigenvalue weighted by molar-refractivity contribution is -0.123. The van der Waals surface area contributed by atoms with Gasteiger partial charge in [-0.1, -0.05) is 42.5 Å². The Morgan fingerprint density at radius 1 is 1.07 bits per heavy atom. The lowest BCUT2D eigenvalue weighted by atomic mass is 10.2. The smallest absolute Gasteiger partial charge is 0.293 e. The molecule has 3 amide bonds. The van der Waals surface area contributed by atoms with Crippen molar-refractivity contribution in [1.29, 1.82) is 0 Å². The van der Waals surface area contributed by atoms with Gasteiger partial charge in [0.2, 0.25) is 5.91 Å². The molecule has 1 aliphatic rings. The maximum absolute atomic E-state index is 13.1. The normalized spacial score (nSPS) is 15.6. The summed E-state index contributed by atoms with van der Waals surface area (Å²) >= 11 is 0.881. The number of imide groups is 1. The monoisotopic (exact) mass is 396 g/mol. The third-order valence-electron chi connectivity index (χ3n) is 3.88. The van der Waals surface area contributed by atoms with Gasteiger partial charge in [0.25, 0.3) is 11.1 Å². The summed E-state index contributed by atoms with van der Waals surface area (Å²) in [6.45, 7) is 0.208. The van der Waals surface area contributed by atoms with Crippen LogP contribution < -0.4 is 5.32 Å². The zero-order valence-electron chi connectivity index (χ0n) is 14.8. The summed E-state index contributed by atoms with van der Waals surface area (Å²) < 4.78 is 13.1. The molecular formula is C21H17FN2O3S. The van der Waals surface area contributed by atoms with Crippen molar-refractivity contribution >= 4 is 41.0 Å². The van der Waals surface area contributed by atoms with Crippen LogP contribution in [0.2, 0.25) is 0 Å². The first-order valence-electron chi connectivity index (χ1n) is 8.55. The number of benzene rings is 2. The highest BCUT2D eigenvalue weighted by Gasteiger charge is 2.34. The van der Waals surface area contributed by atoms with Gasteiger partial charge in [-0.2, -0.15) is 0 Å². The number of thioether (sulfide) groups is 1. The van der Waals surface area contributed by atoms with E-state index in [9.17, 15) is 18.8 Å². The molecule has 2 aromatic rings. The number of halogens is 1. The highest BCUT2D eigenvalue weighted by molar-refractivity contribution is 8.18. The molecular weight excluding hydrogens is 379 g/mol. The number of nitrogens with one attached hydrogen (secondary N) is 1. The van der Waals surface area contributed by atoms with Crippen molar-refractivity contribution in [3.63, 3.8) is 0 Å². The maximum atomic E-state index is 13.1. The van der Waals surface area contributed by atoms with Gasteiger partial charge in [0, 0.05) is 19.2 Å². The topological polar surface area (TPSA) is 66.5 Å². The highest BCUT2D eigenvalue weighted by Crippen LogP contribution is 2.31. The zero-order chi connectivity index (χ0) is 19.9. The summed E-state index contributed by atoms with van der Waals surface area (Å²) in [4.78, 5) is 37.8. The molecule has 28 heavy (non-hydrogen) atoms. The number of hydrogen-bond acceptors (Lipinski definition) is 4. The number of nitrogens with zero attached hydrogens (tertiary/aromatic N) is 1. The lowest BCUT2D eigenvalue weighted by Crippen LogP contribution is -2.36. The van der Waals surface area contributed by atoms with Gasteiger partial charge in [-0.15, -0.1) is 0 Å². The van der Waals surface area contributed by atoms with Gasteiger partial charge in [0.15, 0.2) is 0 Å². The van der Waals surface area contributed by atoms with Crippen molar-refractivity contribution in [1.82, 2.24) is 10.2 Å². The third-order valence-corrected chi connectivity index (χ3v) is 4.79. The minimum absolute atomic E-state index is 0.0797. The molecule has 0 bridgehead atoms. The van der Waals surface area contributed by atoms with Crippen LogP contribution in [0.25, 0.3) is 12.2 Å². The minimum atomic E-state index is -0.393. The maximum Gasteiger partial charge on any atom is 0.293 e. The van der Waals surface area contributed by atoms with Crippen LogP contribution in [-0.4, -0.2) is 35.0 Å². The molecule has 3 rings (SSSR count). The highest BCUT2D eigenvalue weighted by atomic mass is 32.2. The SMILES string of the molecule is O=C(/C=C/c1cccc(F)c1)NCCN1C(=O)S/C(=C\c2ccccc2)C1=O. The van der Waals surface area contributed by atoms with Gasteiger partial charge < -0.3 is 5.32 Å². The van der Waals surface area contributed by atoms with Crippen molar-refractivity contribution in [2.45, 2.75) is 0 Å². The zero-order valence-corrected chi connectivity index (χ0v) is 15.6. The molecule has 0 radical (unpaired) electrons. The summed E-state index contributed by atoms with van der Waals surface area (Å²) in [6.07, 6.45) is 4.43. The number of carbonyl (C=O) groups is 3. The fraction of sp³-hybridized carbons (Fsp3) is 0.0952. The van der Waals surface area contributed by atoms with E-state index in [-0.39, 0.29) is 30.1 Å². The molecule has 0 aliphatic carbocycles. The van der Waals surface area contributed by atoms with E-state index < -0.39 is 5.91 Å². The van der Waals surface area contributed by atoms with Crippen LogP contribution in [-0.2, 0) is 9.59 Å². The Hall–Kier alpha value is -3.19. The van der Waals surface area contributed by atoms with Crippen molar-refractivity contribution in [3.8, 4) is 0 Å². The van der Waals surface area contributed by atoms with Crippen molar-refractivity contribution in [2.75, 3.05) is 13.1 Å². The average molecular weight is 396 g/mol. The number of amides is 3. The molecule has 0 atom stereocenters. The molecule has 1 fully saturated rings. The van der Waals surface area contributed by atoms with E-state index in [0.29, 0.717) is 10.5 Å². The quantitative estimate of drug-likeness (QED) is 0.757. The molecule has 1 heterocycles. The van der Waals surface area contributed by atoms with E-state index in [2.05, 4.69) is 5.32 Å². The number of rotatable bonds is 6. The summed E-state index contributed by atoms with van der Waals surface area (Å²) in [5, 5.41) is 2.24. The largest absolute Gasteiger partial charge is 0.351 e. The second-order valence-electron chi connectivity index (χ2n) is 5.92. The molecule has 1 N–H and O–H groups in total. The van der Waals surface area contributed by atoms with Gasteiger partial charge in [0.1, 0.15) is 5.82 Å². The molecule has 0 aromatic heterocycles. The van der Waals surface area contributed by atoms with Crippen molar-refractivity contribution in [3.05, 3.63) is 82.5 Å². The first kappa shape index (κ1) is 19.6. The van der Waals surface area contributed by atoms with Gasteiger partial charge in [0.05, 0.1) is 4.91 Å². The Kier molecular flexibility index (Phi) is 6.39. The molecule has 142 valence electrons. The van der Waals surface area contributed by atoms with E-state index in [4.69, 9.17) is 0 Å². The van der Waals surface area contributed by atoms with Crippen LogP contribution in [0, 0.1) is 5.82 Å². The molecule has 0 saturated carbocycles. The van der Waals surface area contributed by atoms with Gasteiger partial charge in [-0.25, -0.2) is 4.39 Å². The molecule has 2 aromatic carbocycles. The lowest BCUT2D eigenvalue weighted by Gasteiger charge is -2.12. The Balaban J connectivity index is 1.52. The average Bonchev–Trinajstić information content (AvgIpc) is 2.94. The van der Waals surface area contributed by atoms with E-state index in [0.717, 1.165) is 22.2 Å². The van der Waals surface area contributed by atoms with Crippen LogP contribution in [0.5, 0.6) is 0 Å². The summed E-state index contributed by atoms with van der Waals surface area (Å²) in [7, 11) is 0. The Labute approximate surface area is 165 Å². The second kappa shape index (κ2) is 9.14. The van der Waals surface area contributed by atoms with Crippen LogP contribution in [0.15, 0.2) is 65.6 Å². The van der Waals surface area contributed by atoms with Crippen molar-refractivity contribution < 1.29 is 18.8 Å². The number of carbonyl (C=O) groups excluding carboxylic acids is 3. The molecule has 5 nitrogen and oxygen atoms in total. The second-order valence-corrected chi connectivity index (χ2v) is 6.92. The minimum Gasteiger partial charge on any atom is -0.351 e. The standard InChI is InChI=1S/C21H17FN2O3S/c22-17-8-4-7-16(13-17)9-10-19(25)23-11-12-24-20(26)18(28-21(24)27)14-15-5-2-1-3-6-15/h1-10,13-14H,11-12H2,(H,23,25)/b10-9+,18-14-. The fourth-order valence-corrected chi connectivity index (χ4v) is 3.39. The predicted molar refractivity (Wildman–Crippen MR) is 108 cm³/mol. The van der Waals surface area contributed by atoms with E-state index in [1.165, 1.54) is 24.3 Å². The molecule has 1 saturated heterocycles. The number of hydrogen-bond donors (Lipinski definition) is 1. The Morgan fingerprint density at radius 2 is 1.82 bits per heavy atom. The van der Waals surface area contributed by atoms with Gasteiger partial charge >= 0.3 is 0 Å². The van der Waals surface area contributed by atoms with Gasteiger partial charge in [-0.05, 0) is 47.2 Å². The van der Waals surface area contributed by atoms with Gasteiger partial charge in [-0.3, -0.25) is 19.3 Å². The van der Waals surface area contributed by atoms with Crippen molar-refractivity contribution in [2.24, 2.45) is 0 Å². The van der Waals surface area contributed by atoms with Crippen LogP contribution >= 0.6 is 11.8 Å². The molecule has 0 unspecified atom stereocenters. The Morgan fingerprint density at radius 3 is 2.57 bits per heavy atom. The first-order chi connectivity index (χ1) is 13.5. The Bertz CT molecular complexity index is 957. The molecule has 1 aliphatic heterocycles. The van der Waals surface area contributed by atoms with Crippen LogP contribution in [0.1, 0.15) is 11.1 Å². The van der Waals surface area contributed by atoms with Crippen LogP contribution in [0.3, 0.4) is 0 Å². The predicted octanol–water partition coefficient (Wildman–Crippen LogP) is 3.69. The first-order valence-corrected chi connectivity index (χ1v) is 9.36. The summed E-state index contributed by atoms with van der Waals surface area (Å²) in [6, 6.07) is 15.1. The molecule has 7 heteroatoms. The third kappa shape index (κ3) is 5.17. The summed E-state index contributed by atoms with van der Waals surface area (Å²) in [5.74, 6) is -1.15.